The normalized spacial score (nSPS) is 28.6. The average Bonchev–Trinajstić information content (AvgIpc) is 2.88. The summed E-state index contributed by atoms with van der Waals surface area (Å²) < 4.78 is 0. The van der Waals surface area contributed by atoms with Crippen LogP contribution in [0.15, 0.2) is 0 Å². The van der Waals surface area contributed by atoms with E-state index in [2.05, 4.69) is 12.2 Å². The molecule has 1 unspecified atom stereocenters. The predicted octanol–water partition coefficient (Wildman–Crippen LogP) is 1.23. The molecule has 2 rings (SSSR count). The van der Waals surface area contributed by atoms with E-state index < -0.39 is 5.97 Å². The molecule has 2 N–H and O–H groups in total. The van der Waals surface area contributed by atoms with Crippen molar-refractivity contribution in [3.8, 4) is 0 Å². The van der Waals surface area contributed by atoms with Gasteiger partial charge < -0.3 is 15.3 Å². The summed E-state index contributed by atoms with van der Waals surface area (Å²) in [6.45, 7) is 4.41. The maximum atomic E-state index is 12.6. The largest absolute Gasteiger partial charge is 0.481 e. The number of hydrogen-bond donors (Lipinski definition) is 2. The molecule has 2 aliphatic rings. The molecule has 0 bridgehead atoms. The summed E-state index contributed by atoms with van der Waals surface area (Å²) in [6.07, 6.45) is 4.70. The van der Waals surface area contributed by atoms with E-state index in [4.69, 9.17) is 5.11 Å². The minimum Gasteiger partial charge on any atom is -0.481 e. The summed E-state index contributed by atoms with van der Waals surface area (Å²) in [6, 6.07) is 0. The van der Waals surface area contributed by atoms with Crippen LogP contribution < -0.4 is 5.32 Å². The summed E-state index contributed by atoms with van der Waals surface area (Å²) in [4.78, 5) is 25.3. The minimum atomic E-state index is -0.729. The van der Waals surface area contributed by atoms with Gasteiger partial charge in [0.15, 0.2) is 0 Å². The fraction of sp³-hybridized carbons (Fsp3) is 0.857. The van der Waals surface area contributed by atoms with Crippen LogP contribution in [0, 0.1) is 5.92 Å². The molecule has 2 fully saturated rings. The first-order valence-electron chi connectivity index (χ1n) is 7.33. The molecule has 0 spiro atoms. The Kier molecular flexibility index (Phi) is 4.45. The molecule has 0 saturated carbocycles. The second-order valence-corrected chi connectivity index (χ2v) is 5.80. The Morgan fingerprint density at radius 3 is 2.53 bits per heavy atom. The second-order valence-electron chi connectivity index (χ2n) is 5.80. The molecule has 0 aliphatic carbocycles. The van der Waals surface area contributed by atoms with Crippen LogP contribution in [0.25, 0.3) is 0 Å². The number of aliphatic carboxylic acids is 1. The van der Waals surface area contributed by atoms with Crippen molar-refractivity contribution in [1.29, 1.82) is 0 Å². The number of carbonyl (C=O) groups excluding carboxylic acids is 1. The molecular weight excluding hydrogens is 244 g/mol. The van der Waals surface area contributed by atoms with Crippen molar-refractivity contribution in [1.82, 2.24) is 10.2 Å². The predicted molar refractivity (Wildman–Crippen MR) is 71.8 cm³/mol. The summed E-state index contributed by atoms with van der Waals surface area (Å²) in [5.74, 6) is -0.274. The van der Waals surface area contributed by atoms with E-state index in [1.54, 1.807) is 0 Å². The minimum absolute atomic E-state index is 0.223. The van der Waals surface area contributed by atoms with Gasteiger partial charge >= 0.3 is 5.97 Å². The number of carboxylic acid groups (broad SMARTS) is 1. The number of carbonyl (C=O) groups is 2. The third kappa shape index (κ3) is 3.08. The Hall–Kier alpha value is -1.10. The van der Waals surface area contributed by atoms with E-state index >= 15 is 0 Å². The van der Waals surface area contributed by atoms with Crippen LogP contribution in [0.1, 0.15) is 45.4 Å². The van der Waals surface area contributed by atoms with Crippen LogP contribution in [0.3, 0.4) is 0 Å². The molecule has 0 aromatic rings. The van der Waals surface area contributed by atoms with Gasteiger partial charge in [-0.2, -0.15) is 0 Å². The number of nitrogens with zero attached hydrogens (tertiary/aromatic N) is 1. The molecule has 0 radical (unpaired) electrons. The molecule has 108 valence electrons. The average molecular weight is 268 g/mol. The van der Waals surface area contributed by atoms with E-state index in [-0.39, 0.29) is 23.8 Å². The highest BCUT2D eigenvalue weighted by atomic mass is 16.4. The Morgan fingerprint density at radius 1 is 1.37 bits per heavy atom. The van der Waals surface area contributed by atoms with Gasteiger partial charge in [0.1, 0.15) is 0 Å². The summed E-state index contributed by atoms with van der Waals surface area (Å²) >= 11 is 0. The van der Waals surface area contributed by atoms with E-state index in [0.29, 0.717) is 13.1 Å². The fourth-order valence-corrected chi connectivity index (χ4v) is 3.33. The van der Waals surface area contributed by atoms with Crippen molar-refractivity contribution >= 4 is 11.9 Å². The SMILES string of the molecule is CCC1(C(=O)N2CCC(CC(=O)O)CC2)CCCN1. The Bertz CT molecular complexity index is 343. The van der Waals surface area contributed by atoms with Gasteiger partial charge in [-0.3, -0.25) is 9.59 Å². The number of piperidine rings is 1. The van der Waals surface area contributed by atoms with Gasteiger partial charge in [-0.1, -0.05) is 6.92 Å². The van der Waals surface area contributed by atoms with Gasteiger partial charge in [-0.15, -0.1) is 0 Å². The van der Waals surface area contributed by atoms with Crippen molar-refractivity contribution in [2.24, 2.45) is 5.92 Å². The van der Waals surface area contributed by atoms with Crippen LogP contribution in [0.2, 0.25) is 0 Å². The zero-order chi connectivity index (χ0) is 13.9. The Labute approximate surface area is 114 Å². The molecule has 19 heavy (non-hydrogen) atoms. The highest BCUT2D eigenvalue weighted by Gasteiger charge is 2.42. The lowest BCUT2D eigenvalue weighted by atomic mass is 9.89. The van der Waals surface area contributed by atoms with Crippen molar-refractivity contribution < 1.29 is 14.7 Å². The van der Waals surface area contributed by atoms with Crippen molar-refractivity contribution in [2.45, 2.75) is 51.0 Å². The van der Waals surface area contributed by atoms with E-state index in [9.17, 15) is 9.59 Å². The number of likely N-dealkylation sites (tertiary alicyclic amines) is 1. The Morgan fingerprint density at radius 2 is 2.05 bits per heavy atom. The van der Waals surface area contributed by atoms with Crippen molar-refractivity contribution in [3.63, 3.8) is 0 Å². The number of rotatable bonds is 4. The monoisotopic (exact) mass is 268 g/mol. The zero-order valence-electron chi connectivity index (χ0n) is 11.7. The van der Waals surface area contributed by atoms with E-state index in [0.717, 1.165) is 38.6 Å². The van der Waals surface area contributed by atoms with Crippen LogP contribution in [-0.2, 0) is 9.59 Å². The highest BCUT2D eigenvalue weighted by Crippen LogP contribution is 2.28. The van der Waals surface area contributed by atoms with Gasteiger partial charge in [0.05, 0.1) is 5.54 Å². The molecule has 5 nitrogen and oxygen atoms in total. The maximum Gasteiger partial charge on any atom is 0.303 e. The number of carboxylic acids is 1. The van der Waals surface area contributed by atoms with Crippen molar-refractivity contribution in [3.05, 3.63) is 0 Å². The standard InChI is InChI=1S/C14H24N2O3/c1-2-14(6-3-7-15-14)13(19)16-8-4-11(5-9-16)10-12(17)18/h11,15H,2-10H2,1H3,(H,17,18). The summed E-state index contributed by atoms with van der Waals surface area (Å²) in [7, 11) is 0. The number of nitrogens with one attached hydrogen (secondary N) is 1. The topological polar surface area (TPSA) is 69.6 Å². The molecule has 2 saturated heterocycles. The van der Waals surface area contributed by atoms with Crippen molar-refractivity contribution in [2.75, 3.05) is 19.6 Å². The third-order valence-corrected chi connectivity index (χ3v) is 4.62. The Balaban J connectivity index is 1.90. The second kappa shape index (κ2) is 5.90. The lowest BCUT2D eigenvalue weighted by molar-refractivity contribution is -0.140. The first-order chi connectivity index (χ1) is 9.07. The summed E-state index contributed by atoms with van der Waals surface area (Å²) in [5, 5.41) is 12.2. The van der Waals surface area contributed by atoms with Gasteiger partial charge in [0.2, 0.25) is 5.91 Å². The quantitative estimate of drug-likeness (QED) is 0.804. The molecule has 0 aromatic heterocycles. The molecule has 2 heterocycles. The first-order valence-corrected chi connectivity index (χ1v) is 7.33. The lowest BCUT2D eigenvalue weighted by Crippen LogP contribution is -2.56. The molecule has 2 aliphatic heterocycles. The van der Waals surface area contributed by atoms with E-state index in [1.807, 2.05) is 4.90 Å². The van der Waals surface area contributed by atoms with Crippen LogP contribution in [0.5, 0.6) is 0 Å². The molecule has 0 aromatic carbocycles. The van der Waals surface area contributed by atoms with Gasteiger partial charge in [0, 0.05) is 19.5 Å². The van der Waals surface area contributed by atoms with E-state index in [1.165, 1.54) is 0 Å². The fourth-order valence-electron chi connectivity index (χ4n) is 3.33. The summed E-state index contributed by atoms with van der Waals surface area (Å²) in [5.41, 5.74) is -0.348. The lowest BCUT2D eigenvalue weighted by Gasteiger charge is -2.38. The van der Waals surface area contributed by atoms with Crippen LogP contribution in [-0.4, -0.2) is 47.1 Å². The first kappa shape index (κ1) is 14.3. The van der Waals surface area contributed by atoms with Crippen LogP contribution in [0.4, 0.5) is 0 Å². The van der Waals surface area contributed by atoms with Gasteiger partial charge in [-0.25, -0.2) is 0 Å². The molecule has 1 atom stereocenters. The molecule has 5 heteroatoms. The third-order valence-electron chi connectivity index (χ3n) is 4.62. The molecule has 1 amide bonds. The maximum absolute atomic E-state index is 12.6. The molecular formula is C14H24N2O3. The number of hydrogen-bond acceptors (Lipinski definition) is 3. The zero-order valence-corrected chi connectivity index (χ0v) is 11.7. The smallest absolute Gasteiger partial charge is 0.303 e. The number of amides is 1. The van der Waals surface area contributed by atoms with Gasteiger partial charge in [0.25, 0.3) is 0 Å². The van der Waals surface area contributed by atoms with Crippen LogP contribution >= 0.6 is 0 Å². The highest BCUT2D eigenvalue weighted by molar-refractivity contribution is 5.86. The van der Waals surface area contributed by atoms with Gasteiger partial charge in [-0.05, 0) is 44.6 Å².